The molecular weight excluding hydrogens is 292 g/mol. The van der Waals surface area contributed by atoms with Gasteiger partial charge in [0.15, 0.2) is 0 Å². The maximum Gasteiger partial charge on any atom is 0.315 e. The lowest BCUT2D eigenvalue weighted by atomic mass is 9.85. The molecule has 2 amide bonds. The second-order valence-electron chi connectivity index (χ2n) is 6.78. The summed E-state index contributed by atoms with van der Waals surface area (Å²) < 4.78 is 1.84. The Morgan fingerprint density at radius 1 is 1.35 bits per heavy atom. The van der Waals surface area contributed by atoms with E-state index in [4.69, 9.17) is 0 Å². The number of hydrogen-bond donors (Lipinski definition) is 3. The second-order valence-corrected chi connectivity index (χ2v) is 6.78. The van der Waals surface area contributed by atoms with Crippen LogP contribution in [0, 0.1) is 13.8 Å². The highest BCUT2D eigenvalue weighted by molar-refractivity contribution is 5.74. The molecule has 0 aliphatic heterocycles. The highest BCUT2D eigenvalue weighted by atomic mass is 16.3. The molecule has 1 atom stereocenters. The Morgan fingerprint density at radius 2 is 2.00 bits per heavy atom. The maximum absolute atomic E-state index is 12.2. The zero-order chi connectivity index (χ0) is 17.0. The van der Waals surface area contributed by atoms with Crippen LogP contribution in [-0.2, 0) is 7.05 Å². The number of carbonyl (C=O) groups is 1. The fourth-order valence-corrected chi connectivity index (χ4v) is 3.51. The normalized spacial score (nSPS) is 18.5. The zero-order valence-corrected chi connectivity index (χ0v) is 14.8. The van der Waals surface area contributed by atoms with Gasteiger partial charge in [-0.25, -0.2) is 4.79 Å². The number of nitrogens with one attached hydrogen (secondary N) is 2. The first-order chi connectivity index (χ1) is 10.9. The van der Waals surface area contributed by atoms with Gasteiger partial charge in [-0.15, -0.1) is 0 Å². The predicted molar refractivity (Wildman–Crippen MR) is 90.3 cm³/mol. The summed E-state index contributed by atoms with van der Waals surface area (Å²) in [7, 11) is 1.91. The van der Waals surface area contributed by atoms with Crippen molar-refractivity contribution in [3.8, 4) is 0 Å². The topological polar surface area (TPSA) is 79.2 Å². The molecule has 1 unspecified atom stereocenters. The zero-order valence-electron chi connectivity index (χ0n) is 14.8. The van der Waals surface area contributed by atoms with E-state index in [9.17, 15) is 9.90 Å². The van der Waals surface area contributed by atoms with E-state index in [1.165, 1.54) is 6.42 Å². The molecule has 23 heavy (non-hydrogen) atoms. The molecule has 0 radical (unpaired) electrons. The van der Waals surface area contributed by atoms with E-state index in [2.05, 4.69) is 15.7 Å². The number of aryl methyl sites for hydroxylation is 2. The third-order valence-corrected chi connectivity index (χ3v) is 4.99. The van der Waals surface area contributed by atoms with E-state index in [1.54, 1.807) is 0 Å². The van der Waals surface area contributed by atoms with Crippen LogP contribution in [0.4, 0.5) is 4.79 Å². The van der Waals surface area contributed by atoms with Gasteiger partial charge in [0, 0.05) is 24.8 Å². The molecule has 6 heteroatoms. The molecule has 0 bridgehead atoms. The summed E-state index contributed by atoms with van der Waals surface area (Å²) in [5.41, 5.74) is 2.36. The van der Waals surface area contributed by atoms with Crippen LogP contribution in [0.1, 0.15) is 68.4 Å². The van der Waals surface area contributed by atoms with Crippen molar-refractivity contribution in [1.82, 2.24) is 20.4 Å². The first-order valence-corrected chi connectivity index (χ1v) is 8.63. The monoisotopic (exact) mass is 322 g/mol. The van der Waals surface area contributed by atoms with Crippen LogP contribution in [0.2, 0.25) is 0 Å². The minimum atomic E-state index is -0.739. The van der Waals surface area contributed by atoms with E-state index in [1.807, 2.05) is 32.5 Å². The van der Waals surface area contributed by atoms with E-state index < -0.39 is 5.60 Å². The molecule has 3 N–H and O–H groups in total. The molecule has 130 valence electrons. The lowest BCUT2D eigenvalue weighted by molar-refractivity contribution is 0.00712. The van der Waals surface area contributed by atoms with E-state index in [0.29, 0.717) is 6.54 Å². The average Bonchev–Trinajstić information content (AvgIpc) is 2.77. The maximum atomic E-state index is 12.2. The lowest BCUT2D eigenvalue weighted by Crippen LogP contribution is -2.48. The Labute approximate surface area is 138 Å². The molecule has 6 nitrogen and oxygen atoms in total. The minimum Gasteiger partial charge on any atom is -0.388 e. The van der Waals surface area contributed by atoms with Gasteiger partial charge in [0.2, 0.25) is 0 Å². The molecule has 0 spiro atoms. The Balaban J connectivity index is 1.94. The van der Waals surface area contributed by atoms with Gasteiger partial charge in [-0.1, -0.05) is 26.2 Å². The highest BCUT2D eigenvalue weighted by Gasteiger charge is 2.30. The first-order valence-electron chi connectivity index (χ1n) is 8.63. The minimum absolute atomic E-state index is 0.0651. The van der Waals surface area contributed by atoms with Gasteiger partial charge in [-0.05, 0) is 33.1 Å². The van der Waals surface area contributed by atoms with Crippen molar-refractivity contribution < 1.29 is 9.90 Å². The predicted octanol–water partition coefficient (Wildman–Crippen LogP) is 2.48. The Kier molecular flexibility index (Phi) is 5.68. The standard InChI is InChI=1S/C17H30N4O2/c1-5-14(15-12(2)20-21(4)13(15)3)19-16(22)18-11-17(23)9-7-6-8-10-17/h14,23H,5-11H2,1-4H3,(H2,18,19,22). The number of aliphatic hydroxyl groups is 1. The van der Waals surface area contributed by atoms with Crippen molar-refractivity contribution in [3.63, 3.8) is 0 Å². The van der Waals surface area contributed by atoms with Crippen LogP contribution in [-0.4, -0.2) is 33.1 Å². The summed E-state index contributed by atoms with van der Waals surface area (Å²) in [6, 6.07) is -0.289. The van der Waals surface area contributed by atoms with Gasteiger partial charge < -0.3 is 15.7 Å². The fraction of sp³-hybridized carbons (Fsp3) is 0.765. The third kappa shape index (κ3) is 4.25. The van der Waals surface area contributed by atoms with Gasteiger partial charge in [0.05, 0.1) is 17.3 Å². The van der Waals surface area contributed by atoms with Crippen molar-refractivity contribution in [2.45, 2.75) is 70.9 Å². The quantitative estimate of drug-likeness (QED) is 0.779. The Hall–Kier alpha value is -1.56. The summed E-state index contributed by atoms with van der Waals surface area (Å²) in [5.74, 6) is 0. The van der Waals surface area contributed by atoms with Crippen LogP contribution in [0.15, 0.2) is 0 Å². The Bertz CT molecular complexity index is 547. The van der Waals surface area contributed by atoms with Gasteiger partial charge in [0.1, 0.15) is 0 Å². The first kappa shape index (κ1) is 17.8. The van der Waals surface area contributed by atoms with Crippen molar-refractivity contribution in [2.75, 3.05) is 6.54 Å². The molecule has 0 saturated heterocycles. The number of carbonyl (C=O) groups excluding carboxylic acids is 1. The summed E-state index contributed by atoms with van der Waals surface area (Å²) in [4.78, 5) is 12.2. The number of urea groups is 1. The number of nitrogens with zero attached hydrogens (tertiary/aromatic N) is 2. The van der Waals surface area contributed by atoms with Gasteiger partial charge in [0.25, 0.3) is 0 Å². The number of amides is 2. The van der Waals surface area contributed by atoms with Crippen molar-refractivity contribution in [3.05, 3.63) is 17.0 Å². The van der Waals surface area contributed by atoms with Crippen molar-refractivity contribution in [1.29, 1.82) is 0 Å². The SMILES string of the molecule is CCC(NC(=O)NCC1(O)CCCCC1)c1c(C)nn(C)c1C. The summed E-state index contributed by atoms with van der Waals surface area (Å²) in [6.45, 7) is 6.35. The average molecular weight is 322 g/mol. The van der Waals surface area contributed by atoms with E-state index >= 15 is 0 Å². The van der Waals surface area contributed by atoms with Crippen LogP contribution in [0.25, 0.3) is 0 Å². The van der Waals surface area contributed by atoms with Crippen LogP contribution >= 0.6 is 0 Å². The lowest BCUT2D eigenvalue weighted by Gasteiger charge is -2.32. The summed E-state index contributed by atoms with van der Waals surface area (Å²) >= 11 is 0. The fourth-order valence-electron chi connectivity index (χ4n) is 3.51. The van der Waals surface area contributed by atoms with Crippen LogP contribution in [0.3, 0.4) is 0 Å². The van der Waals surface area contributed by atoms with Crippen LogP contribution < -0.4 is 10.6 Å². The number of aromatic nitrogens is 2. The molecule has 1 aliphatic rings. The molecule has 0 aromatic carbocycles. The molecule has 1 aliphatic carbocycles. The Morgan fingerprint density at radius 3 is 2.52 bits per heavy atom. The molecule has 1 heterocycles. The summed E-state index contributed by atoms with van der Waals surface area (Å²) in [5, 5.41) is 20.8. The smallest absolute Gasteiger partial charge is 0.315 e. The summed E-state index contributed by atoms with van der Waals surface area (Å²) in [6.07, 6.45) is 5.57. The van der Waals surface area contributed by atoms with Gasteiger partial charge in [-0.2, -0.15) is 5.10 Å². The molecule has 2 rings (SSSR count). The number of hydrogen-bond acceptors (Lipinski definition) is 3. The number of rotatable bonds is 5. The molecular formula is C17H30N4O2. The van der Waals surface area contributed by atoms with E-state index in [-0.39, 0.29) is 12.1 Å². The highest BCUT2D eigenvalue weighted by Crippen LogP contribution is 2.27. The molecule has 1 fully saturated rings. The second kappa shape index (κ2) is 7.34. The van der Waals surface area contributed by atoms with Gasteiger partial charge >= 0.3 is 6.03 Å². The molecule has 1 aromatic heterocycles. The third-order valence-electron chi connectivity index (χ3n) is 4.99. The molecule has 1 aromatic rings. The molecule has 1 saturated carbocycles. The largest absolute Gasteiger partial charge is 0.388 e. The van der Waals surface area contributed by atoms with Crippen molar-refractivity contribution in [2.24, 2.45) is 7.05 Å². The van der Waals surface area contributed by atoms with Crippen LogP contribution in [0.5, 0.6) is 0 Å². The van der Waals surface area contributed by atoms with Crippen molar-refractivity contribution >= 4 is 6.03 Å². The van der Waals surface area contributed by atoms with E-state index in [0.717, 1.165) is 49.1 Å². The van der Waals surface area contributed by atoms with Gasteiger partial charge in [-0.3, -0.25) is 4.68 Å².